The van der Waals surface area contributed by atoms with Crippen LogP contribution in [0.2, 0.25) is 10.2 Å². The van der Waals surface area contributed by atoms with Crippen LogP contribution in [0.4, 0.5) is 0 Å². The predicted molar refractivity (Wildman–Crippen MR) is 59.7 cm³/mol. The lowest BCUT2D eigenvalue weighted by Crippen LogP contribution is -1.82. The van der Waals surface area contributed by atoms with Crippen molar-refractivity contribution in [2.24, 2.45) is 0 Å². The Kier molecular flexibility index (Phi) is 2.71. The first-order valence-electron chi connectivity index (χ1n) is 4.14. The maximum Gasteiger partial charge on any atom is 0.130 e. The van der Waals surface area contributed by atoms with Crippen LogP contribution in [0.25, 0.3) is 11.1 Å². The summed E-state index contributed by atoms with van der Waals surface area (Å²) in [6.45, 7) is 0. The summed E-state index contributed by atoms with van der Waals surface area (Å²) in [7, 11) is 0. The van der Waals surface area contributed by atoms with Gasteiger partial charge in [0.2, 0.25) is 0 Å². The van der Waals surface area contributed by atoms with Crippen molar-refractivity contribution < 1.29 is 0 Å². The van der Waals surface area contributed by atoms with Gasteiger partial charge in [-0.1, -0.05) is 53.5 Å². The molecular formula is C11H7Cl2N. The van der Waals surface area contributed by atoms with Gasteiger partial charge in [-0.15, -0.1) is 0 Å². The number of hydrogen-bond donors (Lipinski definition) is 0. The van der Waals surface area contributed by atoms with Crippen LogP contribution in [0.5, 0.6) is 0 Å². The summed E-state index contributed by atoms with van der Waals surface area (Å²) in [4.78, 5) is 4.00. The number of pyridine rings is 1. The molecule has 0 fully saturated rings. The van der Waals surface area contributed by atoms with E-state index in [9.17, 15) is 0 Å². The van der Waals surface area contributed by atoms with Crippen molar-refractivity contribution in [3.8, 4) is 11.1 Å². The number of aromatic nitrogens is 1. The molecule has 1 nitrogen and oxygen atoms in total. The van der Waals surface area contributed by atoms with Gasteiger partial charge in [0, 0.05) is 11.8 Å². The van der Waals surface area contributed by atoms with Crippen LogP contribution in [0, 0.1) is 0 Å². The minimum Gasteiger partial charge on any atom is -0.244 e. The highest BCUT2D eigenvalue weighted by molar-refractivity contribution is 6.35. The van der Waals surface area contributed by atoms with Crippen molar-refractivity contribution in [2.45, 2.75) is 0 Å². The lowest BCUT2D eigenvalue weighted by Gasteiger charge is -2.03. The topological polar surface area (TPSA) is 12.9 Å². The standard InChI is InChI=1S/C11H7Cl2N/c12-10-6-11(13)14-7-9(10)8-4-2-1-3-5-8/h1-7H. The summed E-state index contributed by atoms with van der Waals surface area (Å²) in [5, 5.41) is 1.03. The summed E-state index contributed by atoms with van der Waals surface area (Å²) >= 11 is 11.7. The minimum absolute atomic E-state index is 0.412. The Morgan fingerprint density at radius 2 is 1.71 bits per heavy atom. The van der Waals surface area contributed by atoms with Crippen molar-refractivity contribution in [3.63, 3.8) is 0 Å². The van der Waals surface area contributed by atoms with Crippen LogP contribution in [0.3, 0.4) is 0 Å². The molecule has 0 bridgehead atoms. The molecule has 2 aromatic rings. The second-order valence-electron chi connectivity index (χ2n) is 2.85. The van der Waals surface area contributed by atoms with Crippen LogP contribution in [-0.4, -0.2) is 4.98 Å². The first kappa shape index (κ1) is 9.50. The maximum atomic E-state index is 6.04. The molecule has 0 saturated carbocycles. The molecule has 0 N–H and O–H groups in total. The van der Waals surface area contributed by atoms with Gasteiger partial charge in [-0.05, 0) is 11.6 Å². The predicted octanol–water partition coefficient (Wildman–Crippen LogP) is 4.06. The summed E-state index contributed by atoms with van der Waals surface area (Å²) in [5.41, 5.74) is 1.94. The fourth-order valence-corrected chi connectivity index (χ4v) is 1.71. The zero-order valence-electron chi connectivity index (χ0n) is 7.24. The second-order valence-corrected chi connectivity index (χ2v) is 3.65. The Morgan fingerprint density at radius 1 is 1.00 bits per heavy atom. The first-order chi connectivity index (χ1) is 6.77. The zero-order valence-corrected chi connectivity index (χ0v) is 8.76. The Morgan fingerprint density at radius 3 is 2.36 bits per heavy atom. The fraction of sp³-hybridized carbons (Fsp3) is 0. The van der Waals surface area contributed by atoms with Crippen LogP contribution in [0.15, 0.2) is 42.6 Å². The highest BCUT2D eigenvalue weighted by Crippen LogP contribution is 2.28. The largest absolute Gasteiger partial charge is 0.244 e. The molecule has 3 heteroatoms. The molecule has 0 radical (unpaired) electrons. The third-order valence-electron chi connectivity index (χ3n) is 1.90. The molecule has 0 aliphatic heterocycles. The van der Waals surface area contributed by atoms with Gasteiger partial charge in [0.1, 0.15) is 5.15 Å². The molecule has 0 aliphatic rings. The normalized spacial score (nSPS) is 10.1. The molecule has 14 heavy (non-hydrogen) atoms. The van der Waals surface area contributed by atoms with Crippen LogP contribution >= 0.6 is 23.2 Å². The molecule has 0 spiro atoms. The van der Waals surface area contributed by atoms with Crippen LogP contribution in [0.1, 0.15) is 0 Å². The molecule has 0 amide bonds. The van der Waals surface area contributed by atoms with Crippen molar-refractivity contribution in [3.05, 3.63) is 52.8 Å². The molecule has 1 heterocycles. The average Bonchev–Trinajstić information content (AvgIpc) is 2.19. The highest BCUT2D eigenvalue weighted by Gasteiger charge is 2.03. The summed E-state index contributed by atoms with van der Waals surface area (Å²) < 4.78 is 0. The molecule has 0 unspecified atom stereocenters. The average molecular weight is 224 g/mol. The van der Waals surface area contributed by atoms with E-state index in [1.54, 1.807) is 12.3 Å². The molecule has 1 aromatic carbocycles. The van der Waals surface area contributed by atoms with E-state index in [1.807, 2.05) is 30.3 Å². The van der Waals surface area contributed by atoms with E-state index < -0.39 is 0 Å². The fourth-order valence-electron chi connectivity index (χ4n) is 1.24. The smallest absolute Gasteiger partial charge is 0.130 e. The van der Waals surface area contributed by atoms with Gasteiger partial charge >= 0.3 is 0 Å². The van der Waals surface area contributed by atoms with E-state index >= 15 is 0 Å². The molecule has 1 aromatic heterocycles. The number of halogens is 2. The maximum absolute atomic E-state index is 6.04. The molecule has 0 aliphatic carbocycles. The van der Waals surface area contributed by atoms with Gasteiger partial charge in [0.25, 0.3) is 0 Å². The summed E-state index contributed by atoms with van der Waals surface area (Å²) in [6.07, 6.45) is 1.68. The first-order valence-corrected chi connectivity index (χ1v) is 4.89. The molecule has 70 valence electrons. The lowest BCUT2D eigenvalue weighted by atomic mass is 10.1. The van der Waals surface area contributed by atoms with Gasteiger partial charge in [-0.25, -0.2) is 4.98 Å². The van der Waals surface area contributed by atoms with E-state index in [1.165, 1.54) is 0 Å². The molecule has 0 saturated heterocycles. The summed E-state index contributed by atoms with van der Waals surface area (Å²) in [6, 6.07) is 11.5. The number of nitrogens with zero attached hydrogens (tertiary/aromatic N) is 1. The number of hydrogen-bond acceptors (Lipinski definition) is 1. The minimum atomic E-state index is 0.412. The van der Waals surface area contributed by atoms with Gasteiger partial charge in [0.15, 0.2) is 0 Å². The van der Waals surface area contributed by atoms with E-state index in [0.717, 1.165) is 11.1 Å². The zero-order chi connectivity index (χ0) is 9.97. The lowest BCUT2D eigenvalue weighted by molar-refractivity contribution is 1.33. The van der Waals surface area contributed by atoms with Crippen molar-refractivity contribution in [1.82, 2.24) is 4.98 Å². The monoisotopic (exact) mass is 223 g/mol. The van der Waals surface area contributed by atoms with Gasteiger partial charge in [-0.2, -0.15) is 0 Å². The van der Waals surface area contributed by atoms with Gasteiger partial charge in [0.05, 0.1) is 5.02 Å². The SMILES string of the molecule is Clc1cc(Cl)c(-c2ccccc2)cn1. The number of rotatable bonds is 1. The van der Waals surface area contributed by atoms with Crippen LogP contribution in [-0.2, 0) is 0 Å². The quantitative estimate of drug-likeness (QED) is 0.665. The Labute approximate surface area is 92.3 Å². The third-order valence-corrected chi connectivity index (χ3v) is 2.42. The molecule has 0 atom stereocenters. The van der Waals surface area contributed by atoms with Gasteiger partial charge < -0.3 is 0 Å². The van der Waals surface area contributed by atoms with Crippen molar-refractivity contribution in [1.29, 1.82) is 0 Å². The Bertz CT molecular complexity index is 440. The van der Waals surface area contributed by atoms with Crippen LogP contribution < -0.4 is 0 Å². The Balaban J connectivity index is 2.53. The summed E-state index contributed by atoms with van der Waals surface area (Å²) in [5.74, 6) is 0. The highest BCUT2D eigenvalue weighted by atomic mass is 35.5. The van der Waals surface area contributed by atoms with E-state index in [-0.39, 0.29) is 0 Å². The van der Waals surface area contributed by atoms with Gasteiger partial charge in [-0.3, -0.25) is 0 Å². The number of benzene rings is 1. The molecule has 2 rings (SSSR count). The van der Waals surface area contributed by atoms with E-state index in [4.69, 9.17) is 23.2 Å². The second kappa shape index (κ2) is 3.99. The van der Waals surface area contributed by atoms with E-state index in [2.05, 4.69) is 4.98 Å². The molecular weight excluding hydrogens is 217 g/mol. The third kappa shape index (κ3) is 1.89. The van der Waals surface area contributed by atoms with E-state index in [0.29, 0.717) is 10.2 Å². The van der Waals surface area contributed by atoms with Crippen molar-refractivity contribution in [2.75, 3.05) is 0 Å². The van der Waals surface area contributed by atoms with Crippen molar-refractivity contribution >= 4 is 23.2 Å². The Hall–Kier alpha value is -1.05.